The SMILES string of the molecule is [2H]c1c([2H])c([2H])c2c(c1[2H])c1c([2H])c([2H])c([2H])c([2H])c1n2-c1c(C#N)c(-n2c3c([2H])c([2H])c([2H])c([2H])c3c3c([2H])c([2H])c([2H])c([2H])c32)c(-n2c3c([2H])c([2H])c([2H])c([2H])c3c3c([2H])c([2H])c([2H])c([2H])c32)c(-n2c3c([2H])c([2H])c([2H])c([2H])c3c3c([2H])c([2H])c([2H])c([2H])c32)c1-n1c2c([2H])c([2H])c([2H])c([2H])c2c2c([2H])c([2H])c([2H])c([2H])c21. The molecule has 5 aromatic heterocycles. The van der Waals surface area contributed by atoms with Crippen LogP contribution < -0.4 is 0 Å². The molecule has 11 aromatic carbocycles. The summed E-state index contributed by atoms with van der Waals surface area (Å²) in [6, 6.07) is -46.7. The third kappa shape index (κ3) is 5.24. The zero-order valence-corrected chi connectivity index (χ0v) is 36.2. The van der Waals surface area contributed by atoms with Gasteiger partial charge in [-0.25, -0.2) is 0 Å². The summed E-state index contributed by atoms with van der Waals surface area (Å²) in [7, 11) is 0. The Morgan fingerprint density at radius 3 is 0.521 bits per heavy atom. The maximum absolute atomic E-state index is 13.5. The molecule has 0 unspecified atom stereocenters. The highest BCUT2D eigenvalue weighted by atomic mass is 15.2. The molecule has 0 bridgehead atoms. The van der Waals surface area contributed by atoms with E-state index in [1.807, 2.05) is 6.07 Å². The quantitative estimate of drug-likeness (QED) is 0.170. The summed E-state index contributed by atoms with van der Waals surface area (Å²) in [6.07, 6.45) is 0. The van der Waals surface area contributed by atoms with Crippen LogP contribution in [0.15, 0.2) is 242 Å². The Balaban J connectivity index is 1.50. The van der Waals surface area contributed by atoms with Gasteiger partial charge in [0.1, 0.15) is 11.6 Å². The molecule has 6 heteroatoms. The zero-order chi connectivity index (χ0) is 82.7. The fraction of sp³-hybridized carbons (Fsp3) is 0. The summed E-state index contributed by atoms with van der Waals surface area (Å²) >= 11 is 0. The highest BCUT2D eigenvalue weighted by Crippen LogP contribution is 2.51. The highest BCUT2D eigenvalue weighted by Gasteiger charge is 2.36. The van der Waals surface area contributed by atoms with E-state index in [1.54, 1.807) is 0 Å². The van der Waals surface area contributed by atoms with E-state index in [1.165, 1.54) is 0 Å². The average molecular weight is 969 g/mol. The van der Waals surface area contributed by atoms with Gasteiger partial charge in [-0.2, -0.15) is 5.26 Å². The first-order chi connectivity index (χ1) is 52.9. The van der Waals surface area contributed by atoms with Crippen LogP contribution in [0.3, 0.4) is 0 Å². The number of para-hydroxylation sites is 10. The molecule has 6 nitrogen and oxygen atoms in total. The molecule has 0 aliphatic rings. The number of nitriles is 1. The Labute approximate surface area is 474 Å². The molecule has 5 heterocycles. The van der Waals surface area contributed by atoms with Crippen molar-refractivity contribution >= 4 is 109 Å². The molecular formula is C67H40N6. The fourth-order valence-corrected chi connectivity index (χ4v) is 10.1. The molecule has 0 radical (unpaired) electrons. The van der Waals surface area contributed by atoms with Crippen LogP contribution in [-0.2, 0) is 0 Å². The van der Waals surface area contributed by atoms with Crippen molar-refractivity contribution in [2.24, 2.45) is 0 Å². The van der Waals surface area contributed by atoms with Crippen LogP contribution >= 0.6 is 0 Å². The van der Waals surface area contributed by atoms with Gasteiger partial charge in [0.25, 0.3) is 0 Å². The number of fused-ring (bicyclic) bond motifs is 15. The number of nitrogens with zero attached hydrogens (tertiary/aromatic N) is 6. The van der Waals surface area contributed by atoms with E-state index in [-0.39, 0.29) is 0 Å². The molecule has 0 amide bonds. The van der Waals surface area contributed by atoms with Crippen molar-refractivity contribution in [2.75, 3.05) is 0 Å². The number of aromatic nitrogens is 5. The summed E-state index contributed by atoms with van der Waals surface area (Å²) < 4.78 is 390. The van der Waals surface area contributed by atoms with Crippen molar-refractivity contribution in [1.29, 1.82) is 5.26 Å². The zero-order valence-electron chi connectivity index (χ0n) is 76.2. The van der Waals surface area contributed by atoms with Crippen LogP contribution in [-0.4, -0.2) is 22.8 Å². The Kier molecular flexibility index (Phi) is 3.55. The molecule has 0 fully saturated rings. The second-order valence-corrected chi connectivity index (χ2v) is 16.1. The second-order valence-electron chi connectivity index (χ2n) is 16.1. The normalized spacial score (nSPS) is 19.8. The van der Waals surface area contributed by atoms with Gasteiger partial charge in [-0.05, 0) is 60.4 Å². The van der Waals surface area contributed by atoms with Crippen LogP contribution in [0.5, 0.6) is 0 Å². The monoisotopic (exact) mass is 969 g/mol. The summed E-state index contributed by atoms with van der Waals surface area (Å²) in [4.78, 5) is 0. The molecule has 0 spiro atoms. The molecule has 338 valence electrons. The highest BCUT2D eigenvalue weighted by molar-refractivity contribution is 6.18. The average Bonchev–Trinajstić information content (AvgIpc) is 1.51. The summed E-state index contributed by atoms with van der Waals surface area (Å²) in [5.41, 5.74) is -19.5. The lowest BCUT2D eigenvalue weighted by molar-refractivity contribution is 0.992. The first kappa shape index (κ1) is 17.3. The molecule has 16 aromatic rings. The van der Waals surface area contributed by atoms with Gasteiger partial charge >= 0.3 is 0 Å². The van der Waals surface area contributed by atoms with E-state index in [9.17, 15) is 60.1 Å². The molecule has 0 aliphatic heterocycles. The van der Waals surface area contributed by atoms with Crippen LogP contribution in [0.25, 0.3) is 137 Å². The first-order valence-electron chi connectivity index (χ1n) is 41.6. The van der Waals surface area contributed by atoms with Gasteiger partial charge < -0.3 is 22.8 Å². The number of rotatable bonds is 5. The van der Waals surface area contributed by atoms with Gasteiger partial charge in [0.15, 0.2) is 0 Å². The van der Waals surface area contributed by atoms with Gasteiger partial charge in [-0.3, -0.25) is 0 Å². The Morgan fingerprint density at radius 1 is 0.219 bits per heavy atom. The van der Waals surface area contributed by atoms with E-state index in [4.69, 9.17) is 0 Å². The molecular weight excluding hydrogens is 889 g/mol. The van der Waals surface area contributed by atoms with Crippen molar-refractivity contribution < 1.29 is 54.8 Å². The number of benzene rings is 11. The van der Waals surface area contributed by atoms with Crippen molar-refractivity contribution in [3.8, 4) is 34.5 Å². The topological polar surface area (TPSA) is 48.4 Å². The van der Waals surface area contributed by atoms with Gasteiger partial charge in [0.2, 0.25) is 0 Å². The molecule has 0 saturated heterocycles. The Bertz CT molecular complexity index is 6760. The lowest BCUT2D eigenvalue weighted by Crippen LogP contribution is -2.18. The van der Waals surface area contributed by atoms with E-state index in [2.05, 4.69) is 0 Å². The molecule has 0 aliphatic carbocycles. The summed E-state index contributed by atoms with van der Waals surface area (Å²) in [5.74, 6) is 0. The van der Waals surface area contributed by atoms with E-state index < -0.39 is 385 Å². The van der Waals surface area contributed by atoms with E-state index >= 15 is 0 Å². The largest absolute Gasteiger partial charge is 0.306 e. The fourth-order valence-electron chi connectivity index (χ4n) is 10.1. The smallest absolute Gasteiger partial charge is 0.105 e. The maximum Gasteiger partial charge on any atom is 0.105 e. The number of hydrogen-bond donors (Lipinski definition) is 0. The van der Waals surface area contributed by atoms with Gasteiger partial charge in [-0.15, -0.1) is 0 Å². The minimum absolute atomic E-state index is 0.500. The summed E-state index contributed by atoms with van der Waals surface area (Å²) in [5, 5.41) is 4.26. The Morgan fingerprint density at radius 2 is 0.356 bits per heavy atom. The van der Waals surface area contributed by atoms with Crippen molar-refractivity contribution in [1.82, 2.24) is 22.8 Å². The minimum atomic E-state index is -1.46. The van der Waals surface area contributed by atoms with Crippen LogP contribution in [0.2, 0.25) is 0 Å². The van der Waals surface area contributed by atoms with Gasteiger partial charge in [0, 0.05) is 53.9 Å². The molecule has 73 heavy (non-hydrogen) atoms. The second kappa shape index (κ2) is 15.0. The van der Waals surface area contributed by atoms with Gasteiger partial charge in [0.05, 0.1) is 138 Å². The van der Waals surface area contributed by atoms with E-state index in [0.717, 1.165) is 0 Å². The predicted molar refractivity (Wildman–Crippen MR) is 303 cm³/mol. The third-order valence-corrected chi connectivity index (χ3v) is 12.8. The van der Waals surface area contributed by atoms with Crippen LogP contribution in [0.4, 0.5) is 0 Å². The third-order valence-electron chi connectivity index (χ3n) is 12.8. The van der Waals surface area contributed by atoms with Crippen LogP contribution in [0.1, 0.15) is 60.4 Å². The van der Waals surface area contributed by atoms with Crippen molar-refractivity contribution in [3.63, 3.8) is 0 Å². The van der Waals surface area contributed by atoms with Crippen molar-refractivity contribution in [3.05, 3.63) is 247 Å². The molecule has 0 N–H and O–H groups in total. The molecule has 16 rings (SSSR count). The lowest BCUT2D eigenvalue weighted by atomic mass is 10.0. The maximum atomic E-state index is 13.5. The standard InChI is InChI=1S/C67H40N6/c68-41-52-63(69-53-31-11-1-21-42(53)43-22-2-12-32-54(43)69)65(71-57-35-15-5-25-46(57)47-26-6-16-36-58(47)71)67(73-61-39-19-9-29-50(61)51-30-10-20-40-62(51)73)66(72-59-37-17-7-27-48(59)49-28-8-18-38-60(49)72)64(52)70-55-33-13-3-23-44(55)45-24-4-14-34-56(45)70/h1-40H/i1D,2D,3D,4D,5D,6D,7D,8D,9D,10D,11D,12D,13D,14D,15D,16D,17D,18D,19D,20D,21D,22D,23D,24D,25D,26D,27D,28D,29D,30D,31D,32D,33D,34D,35D,36D,37D,38D,39D,40D. The van der Waals surface area contributed by atoms with Gasteiger partial charge in [-0.1, -0.05) is 181 Å². The number of hydrogen-bond acceptors (Lipinski definition) is 1. The summed E-state index contributed by atoms with van der Waals surface area (Å²) in [6.45, 7) is 0. The molecule has 0 atom stereocenters. The van der Waals surface area contributed by atoms with Crippen LogP contribution in [0, 0.1) is 11.3 Å². The Hall–Kier alpha value is -10.1. The lowest BCUT2D eigenvalue weighted by Gasteiger charge is -2.30. The predicted octanol–water partition coefficient (Wildman–Crippen LogP) is 17.0. The van der Waals surface area contributed by atoms with Crippen molar-refractivity contribution in [2.45, 2.75) is 0 Å². The van der Waals surface area contributed by atoms with E-state index in [0.29, 0.717) is 22.8 Å². The molecule has 0 saturated carbocycles. The first-order valence-corrected chi connectivity index (χ1v) is 21.6. The minimum Gasteiger partial charge on any atom is -0.306 e.